The summed E-state index contributed by atoms with van der Waals surface area (Å²) in [6.07, 6.45) is 3.77. The van der Waals surface area contributed by atoms with E-state index in [1.54, 1.807) is 6.20 Å². The Hall–Kier alpha value is -1.73. The van der Waals surface area contributed by atoms with Gasteiger partial charge in [-0.25, -0.2) is 18.4 Å². The van der Waals surface area contributed by atoms with Crippen LogP contribution in [0.2, 0.25) is 0 Å². The van der Waals surface area contributed by atoms with Crippen molar-refractivity contribution >= 4 is 52.3 Å². The van der Waals surface area contributed by atoms with Gasteiger partial charge >= 0.3 is 0 Å². The number of sulfone groups is 1. The van der Waals surface area contributed by atoms with Crippen LogP contribution in [0.5, 0.6) is 0 Å². The average Bonchev–Trinajstić information content (AvgIpc) is 2.88. The molecular formula is C27H48Cl2N6O5S. The van der Waals surface area contributed by atoms with Crippen LogP contribution in [0.25, 0.3) is 0 Å². The highest BCUT2D eigenvalue weighted by molar-refractivity contribution is 7.90. The lowest BCUT2D eigenvalue weighted by Gasteiger charge is -2.40. The monoisotopic (exact) mass is 638 g/mol. The highest BCUT2D eigenvalue weighted by Gasteiger charge is 2.36. The first kappa shape index (κ1) is 37.3. The molecule has 2 aliphatic heterocycles. The highest BCUT2D eigenvalue weighted by atomic mass is 35.5. The Balaban J connectivity index is 0.00000420. The Morgan fingerprint density at radius 1 is 1.20 bits per heavy atom. The van der Waals surface area contributed by atoms with Gasteiger partial charge < -0.3 is 25.2 Å². The highest BCUT2D eigenvalue weighted by Crippen LogP contribution is 2.26. The molecule has 1 aromatic heterocycles. The fourth-order valence-electron chi connectivity index (χ4n) is 4.91. The molecule has 2 atom stereocenters. The molecule has 0 aliphatic carbocycles. The number of carbonyl (C=O) groups excluding carboxylic acids is 2. The summed E-state index contributed by atoms with van der Waals surface area (Å²) in [4.78, 5) is 40.3. The number of piperidine rings is 1. The number of aromatic nitrogens is 2. The largest absolute Gasteiger partial charge is 0.378 e. The van der Waals surface area contributed by atoms with Gasteiger partial charge in [-0.15, -0.1) is 24.8 Å². The fourth-order valence-corrected chi connectivity index (χ4v) is 5.58. The Morgan fingerprint density at radius 2 is 1.85 bits per heavy atom. The summed E-state index contributed by atoms with van der Waals surface area (Å²) in [5.74, 6) is 0.969. The van der Waals surface area contributed by atoms with Gasteiger partial charge in [-0.1, -0.05) is 34.6 Å². The lowest BCUT2D eigenvalue weighted by molar-refractivity contribution is -0.140. The van der Waals surface area contributed by atoms with Crippen molar-refractivity contribution in [3.63, 3.8) is 0 Å². The first-order chi connectivity index (χ1) is 18.3. The third kappa shape index (κ3) is 11.1. The van der Waals surface area contributed by atoms with Crippen molar-refractivity contribution in [1.29, 1.82) is 0 Å². The zero-order valence-electron chi connectivity index (χ0n) is 25.1. The quantitative estimate of drug-likeness (QED) is 0.371. The molecule has 0 spiro atoms. The Bertz CT molecular complexity index is 1110. The number of hydrogen-bond donors (Lipinski definition) is 2. The summed E-state index contributed by atoms with van der Waals surface area (Å²) >= 11 is 0. The summed E-state index contributed by atoms with van der Waals surface area (Å²) in [6.45, 7) is 14.5. The molecule has 0 unspecified atom stereocenters. The van der Waals surface area contributed by atoms with Crippen LogP contribution in [-0.2, 0) is 24.8 Å². The standard InChI is InChI=1S/C27H46N6O5S.2ClH/c1-19(2)18-33(21-14-20(15-28-16-21)24(34)32-9-11-38-12-10-32)25(35)22-17-30-26(27(3,4)5)31-23(22)29-8-7-13-39(6,36)37;;/h17,19-21,28H,7-16,18H2,1-6H3,(H,29,30,31);2*1H/t20-,21+;;/m1../s1. The molecule has 2 amide bonds. The second kappa shape index (κ2) is 16.2. The van der Waals surface area contributed by atoms with Gasteiger partial charge in [0.25, 0.3) is 5.91 Å². The predicted octanol–water partition coefficient (Wildman–Crippen LogP) is 2.40. The van der Waals surface area contributed by atoms with Crippen molar-refractivity contribution in [2.75, 3.05) is 69.8 Å². The molecule has 3 heterocycles. The molecule has 2 N–H and O–H groups in total. The van der Waals surface area contributed by atoms with Gasteiger partial charge in [-0.05, 0) is 18.8 Å². The van der Waals surface area contributed by atoms with E-state index in [2.05, 4.69) is 29.5 Å². The number of carbonyl (C=O) groups is 2. The van der Waals surface area contributed by atoms with E-state index in [4.69, 9.17) is 9.72 Å². The maximum Gasteiger partial charge on any atom is 0.259 e. The van der Waals surface area contributed by atoms with Gasteiger partial charge in [0.2, 0.25) is 5.91 Å². The zero-order valence-corrected chi connectivity index (χ0v) is 27.6. The summed E-state index contributed by atoms with van der Waals surface area (Å²) in [5, 5.41) is 6.60. The molecule has 0 bridgehead atoms. The zero-order chi connectivity index (χ0) is 28.8. The number of nitrogens with one attached hydrogen (secondary N) is 2. The van der Waals surface area contributed by atoms with E-state index in [-0.39, 0.29) is 65.7 Å². The van der Waals surface area contributed by atoms with E-state index in [1.807, 2.05) is 30.6 Å². The van der Waals surface area contributed by atoms with Crippen LogP contribution in [0, 0.1) is 11.8 Å². The SMILES string of the molecule is CC(C)CN(C(=O)c1cnc(C(C)(C)C)nc1NCCCS(C)(=O)=O)[C@@H]1CNC[C@H](C(=O)N2CCOCC2)C1.Cl.Cl. The molecule has 1 aromatic rings. The topological polar surface area (TPSA) is 134 Å². The molecule has 2 fully saturated rings. The summed E-state index contributed by atoms with van der Waals surface area (Å²) < 4.78 is 28.6. The number of ether oxygens (including phenoxy) is 1. The van der Waals surface area contributed by atoms with Crippen LogP contribution in [0.15, 0.2) is 6.20 Å². The summed E-state index contributed by atoms with van der Waals surface area (Å²) in [6, 6.07) is -0.163. The Kier molecular flexibility index (Phi) is 14.7. The van der Waals surface area contributed by atoms with E-state index in [1.165, 1.54) is 6.26 Å². The maximum atomic E-state index is 14.1. The van der Waals surface area contributed by atoms with E-state index < -0.39 is 9.84 Å². The minimum Gasteiger partial charge on any atom is -0.378 e. The molecule has 0 radical (unpaired) electrons. The van der Waals surface area contributed by atoms with Crippen molar-refractivity contribution in [2.45, 2.75) is 58.9 Å². The number of nitrogens with zero attached hydrogens (tertiary/aromatic N) is 4. The molecule has 3 rings (SSSR count). The molecule has 236 valence electrons. The van der Waals surface area contributed by atoms with Crippen molar-refractivity contribution in [3.05, 3.63) is 17.6 Å². The number of anilines is 1. The first-order valence-corrected chi connectivity index (χ1v) is 16.0. The fraction of sp³-hybridized carbons (Fsp3) is 0.778. The van der Waals surface area contributed by atoms with E-state index in [0.717, 1.165) is 0 Å². The number of hydrogen-bond acceptors (Lipinski definition) is 9. The molecule has 2 saturated heterocycles. The van der Waals surface area contributed by atoms with Crippen LogP contribution >= 0.6 is 24.8 Å². The lowest BCUT2D eigenvalue weighted by atomic mass is 9.92. The minimum atomic E-state index is -3.09. The van der Waals surface area contributed by atoms with Gasteiger partial charge in [0, 0.05) is 63.2 Å². The van der Waals surface area contributed by atoms with Crippen LogP contribution in [0.3, 0.4) is 0 Å². The normalized spacial score (nSPS) is 19.6. The molecular weight excluding hydrogens is 591 g/mol. The number of halogens is 2. The van der Waals surface area contributed by atoms with Gasteiger partial charge in [-0.2, -0.15) is 0 Å². The van der Waals surface area contributed by atoms with Gasteiger partial charge in [0.15, 0.2) is 0 Å². The third-order valence-corrected chi connectivity index (χ3v) is 7.97. The first-order valence-electron chi connectivity index (χ1n) is 13.9. The second-order valence-electron chi connectivity index (χ2n) is 12.1. The molecule has 41 heavy (non-hydrogen) atoms. The second-order valence-corrected chi connectivity index (χ2v) is 14.4. The van der Waals surface area contributed by atoms with Crippen LogP contribution in [0.1, 0.15) is 63.6 Å². The molecule has 0 saturated carbocycles. The van der Waals surface area contributed by atoms with Crippen molar-refractivity contribution in [3.8, 4) is 0 Å². The number of rotatable bonds is 10. The van der Waals surface area contributed by atoms with Gasteiger partial charge in [0.05, 0.1) is 24.9 Å². The van der Waals surface area contributed by atoms with Crippen LogP contribution < -0.4 is 10.6 Å². The van der Waals surface area contributed by atoms with E-state index >= 15 is 0 Å². The molecule has 14 heteroatoms. The van der Waals surface area contributed by atoms with Crippen molar-refractivity contribution in [1.82, 2.24) is 25.1 Å². The van der Waals surface area contributed by atoms with E-state index in [9.17, 15) is 18.0 Å². The van der Waals surface area contributed by atoms with Gasteiger partial charge in [-0.3, -0.25) is 9.59 Å². The Labute approximate surface area is 257 Å². The van der Waals surface area contributed by atoms with Crippen molar-refractivity contribution in [2.24, 2.45) is 11.8 Å². The van der Waals surface area contributed by atoms with E-state index in [0.29, 0.717) is 82.5 Å². The van der Waals surface area contributed by atoms with Crippen LogP contribution in [-0.4, -0.2) is 111 Å². The third-order valence-electron chi connectivity index (χ3n) is 6.94. The molecule has 0 aromatic carbocycles. The summed E-state index contributed by atoms with van der Waals surface area (Å²) in [7, 11) is -3.09. The number of morpholine rings is 1. The molecule has 11 nitrogen and oxygen atoms in total. The number of amides is 2. The summed E-state index contributed by atoms with van der Waals surface area (Å²) in [5.41, 5.74) is 0.0209. The molecule has 2 aliphatic rings. The smallest absolute Gasteiger partial charge is 0.259 e. The Morgan fingerprint density at radius 3 is 2.44 bits per heavy atom. The maximum absolute atomic E-state index is 14.1. The van der Waals surface area contributed by atoms with Crippen LogP contribution in [0.4, 0.5) is 5.82 Å². The van der Waals surface area contributed by atoms with Crippen molar-refractivity contribution < 1.29 is 22.7 Å². The predicted molar refractivity (Wildman–Crippen MR) is 166 cm³/mol. The average molecular weight is 640 g/mol. The van der Waals surface area contributed by atoms with Gasteiger partial charge in [0.1, 0.15) is 27.0 Å². The lowest BCUT2D eigenvalue weighted by Crippen LogP contribution is -2.56. The minimum absolute atomic E-state index is 0.